The van der Waals surface area contributed by atoms with Crippen LogP contribution in [0.2, 0.25) is 0 Å². The van der Waals surface area contributed by atoms with E-state index in [2.05, 4.69) is 29.5 Å². The van der Waals surface area contributed by atoms with E-state index in [0.717, 1.165) is 42.4 Å². The minimum atomic E-state index is -0.258. The van der Waals surface area contributed by atoms with Gasteiger partial charge in [-0.25, -0.2) is 9.37 Å². The molecule has 0 atom stereocenters. The second kappa shape index (κ2) is 10.6. The second-order valence-corrected chi connectivity index (χ2v) is 7.46. The van der Waals surface area contributed by atoms with E-state index in [9.17, 15) is 4.39 Å². The van der Waals surface area contributed by atoms with Crippen LogP contribution in [0.5, 0.6) is 0 Å². The molecular weight excluding hydrogens is 480 g/mol. The van der Waals surface area contributed by atoms with Crippen LogP contribution in [-0.4, -0.2) is 35.0 Å². The number of aliphatic imine (C=N–C) groups is 1. The standard InChI is InChI=1S/C22H28FN5.HI/c1-4-24-21(26-16-22(2,3)17-8-7-9-18(23)14-17)25-12-11-19-15-28-13-6-5-10-20(28)27-19;/h5-10,13-15H,4,11-12,16H2,1-3H3,(H2,24,25,26);1H. The van der Waals surface area contributed by atoms with E-state index in [-0.39, 0.29) is 35.2 Å². The van der Waals surface area contributed by atoms with Crippen molar-refractivity contribution in [2.75, 3.05) is 19.6 Å². The molecule has 0 aliphatic heterocycles. The number of halogens is 2. The van der Waals surface area contributed by atoms with E-state index in [1.807, 2.05) is 48.0 Å². The van der Waals surface area contributed by atoms with Crippen molar-refractivity contribution in [1.29, 1.82) is 0 Å². The van der Waals surface area contributed by atoms with Crippen LogP contribution in [0.1, 0.15) is 32.0 Å². The molecule has 2 aromatic heterocycles. The molecule has 2 heterocycles. The number of hydrogen-bond acceptors (Lipinski definition) is 2. The van der Waals surface area contributed by atoms with Crippen LogP contribution < -0.4 is 10.6 Å². The van der Waals surface area contributed by atoms with Crippen LogP contribution in [0.15, 0.2) is 59.9 Å². The number of aromatic nitrogens is 2. The first-order valence-corrected chi connectivity index (χ1v) is 9.69. The van der Waals surface area contributed by atoms with Gasteiger partial charge in [-0.2, -0.15) is 0 Å². The number of guanidine groups is 1. The fourth-order valence-corrected chi connectivity index (χ4v) is 3.04. The summed E-state index contributed by atoms with van der Waals surface area (Å²) in [5, 5.41) is 6.63. The van der Waals surface area contributed by atoms with Crippen molar-refractivity contribution in [3.63, 3.8) is 0 Å². The normalized spacial score (nSPS) is 11.9. The number of nitrogens with zero attached hydrogens (tertiary/aromatic N) is 3. The molecule has 0 fully saturated rings. The monoisotopic (exact) mass is 509 g/mol. The molecule has 0 spiro atoms. The smallest absolute Gasteiger partial charge is 0.191 e. The summed E-state index contributed by atoms with van der Waals surface area (Å²) in [5.41, 5.74) is 2.67. The summed E-state index contributed by atoms with van der Waals surface area (Å²) in [6, 6.07) is 12.7. The van der Waals surface area contributed by atoms with Crippen molar-refractivity contribution >= 4 is 35.6 Å². The molecule has 0 unspecified atom stereocenters. The van der Waals surface area contributed by atoms with Crippen molar-refractivity contribution in [2.24, 2.45) is 4.99 Å². The van der Waals surface area contributed by atoms with Gasteiger partial charge in [0.1, 0.15) is 11.5 Å². The molecule has 5 nitrogen and oxygen atoms in total. The number of hydrogen-bond donors (Lipinski definition) is 2. The Bertz CT molecular complexity index is 918. The Labute approximate surface area is 188 Å². The third-order valence-corrected chi connectivity index (χ3v) is 4.67. The molecule has 0 saturated heterocycles. The average molecular weight is 509 g/mol. The third kappa shape index (κ3) is 6.42. The van der Waals surface area contributed by atoms with E-state index in [1.54, 1.807) is 12.1 Å². The molecule has 0 aliphatic rings. The molecule has 0 saturated carbocycles. The second-order valence-electron chi connectivity index (χ2n) is 7.46. The number of fused-ring (bicyclic) bond motifs is 1. The highest BCUT2D eigenvalue weighted by molar-refractivity contribution is 14.0. The van der Waals surface area contributed by atoms with E-state index < -0.39 is 0 Å². The van der Waals surface area contributed by atoms with Crippen molar-refractivity contribution in [1.82, 2.24) is 20.0 Å². The Morgan fingerprint density at radius 1 is 1.17 bits per heavy atom. The first-order chi connectivity index (χ1) is 13.5. The molecule has 0 bridgehead atoms. The van der Waals surface area contributed by atoms with Crippen LogP contribution in [0, 0.1) is 5.82 Å². The average Bonchev–Trinajstić information content (AvgIpc) is 3.09. The van der Waals surface area contributed by atoms with Gasteiger partial charge in [0.25, 0.3) is 0 Å². The lowest BCUT2D eigenvalue weighted by molar-refractivity contribution is 0.529. The molecule has 3 rings (SSSR count). The van der Waals surface area contributed by atoms with Gasteiger partial charge in [-0.05, 0) is 36.8 Å². The van der Waals surface area contributed by atoms with Gasteiger partial charge >= 0.3 is 0 Å². The molecule has 29 heavy (non-hydrogen) atoms. The topological polar surface area (TPSA) is 53.7 Å². The molecule has 156 valence electrons. The Morgan fingerprint density at radius 2 is 2.00 bits per heavy atom. The first-order valence-electron chi connectivity index (χ1n) is 9.69. The van der Waals surface area contributed by atoms with E-state index in [0.29, 0.717) is 6.54 Å². The number of rotatable bonds is 7. The van der Waals surface area contributed by atoms with Crippen molar-refractivity contribution in [3.05, 3.63) is 71.9 Å². The molecule has 2 N–H and O–H groups in total. The Morgan fingerprint density at radius 3 is 2.72 bits per heavy atom. The lowest BCUT2D eigenvalue weighted by atomic mass is 9.85. The fourth-order valence-electron chi connectivity index (χ4n) is 3.04. The highest BCUT2D eigenvalue weighted by atomic mass is 127. The Hall–Kier alpha value is -2.16. The van der Waals surface area contributed by atoms with Gasteiger partial charge in [0, 0.05) is 37.3 Å². The number of imidazole rings is 1. The Kier molecular flexibility index (Phi) is 8.43. The highest BCUT2D eigenvalue weighted by Gasteiger charge is 2.21. The lowest BCUT2D eigenvalue weighted by Crippen LogP contribution is -2.39. The molecule has 3 aromatic rings. The highest BCUT2D eigenvalue weighted by Crippen LogP contribution is 2.24. The summed E-state index contributed by atoms with van der Waals surface area (Å²) in [7, 11) is 0. The van der Waals surface area contributed by atoms with Gasteiger partial charge in [-0.15, -0.1) is 24.0 Å². The number of pyridine rings is 1. The van der Waals surface area contributed by atoms with Crippen molar-refractivity contribution < 1.29 is 4.39 Å². The maximum Gasteiger partial charge on any atom is 0.191 e. The predicted molar refractivity (Wildman–Crippen MR) is 128 cm³/mol. The van der Waals surface area contributed by atoms with Crippen LogP contribution in [-0.2, 0) is 11.8 Å². The molecule has 0 radical (unpaired) electrons. The largest absolute Gasteiger partial charge is 0.357 e. The summed E-state index contributed by atoms with van der Waals surface area (Å²) in [6.07, 6.45) is 4.85. The van der Waals surface area contributed by atoms with Gasteiger partial charge < -0.3 is 15.0 Å². The SMILES string of the molecule is CCNC(=NCC(C)(C)c1cccc(F)c1)NCCc1cn2ccccc2n1.I. The molecule has 0 aliphatic carbocycles. The van der Waals surface area contributed by atoms with Crippen molar-refractivity contribution in [2.45, 2.75) is 32.6 Å². The van der Waals surface area contributed by atoms with Crippen LogP contribution >= 0.6 is 24.0 Å². The molecule has 0 amide bonds. The summed E-state index contributed by atoms with van der Waals surface area (Å²) in [5.74, 6) is 0.544. The third-order valence-electron chi connectivity index (χ3n) is 4.67. The Balaban J connectivity index is 0.00000300. The number of nitrogens with one attached hydrogen (secondary N) is 2. The fraction of sp³-hybridized carbons (Fsp3) is 0.364. The van der Waals surface area contributed by atoms with Crippen LogP contribution in [0.25, 0.3) is 5.65 Å². The molecule has 1 aromatic carbocycles. The maximum absolute atomic E-state index is 13.6. The summed E-state index contributed by atoms with van der Waals surface area (Å²) < 4.78 is 15.6. The minimum Gasteiger partial charge on any atom is -0.357 e. The summed E-state index contributed by atoms with van der Waals surface area (Å²) in [4.78, 5) is 9.33. The predicted octanol–water partition coefficient (Wildman–Crippen LogP) is 4.17. The zero-order chi connectivity index (χ0) is 20.0. The van der Waals surface area contributed by atoms with E-state index in [1.165, 1.54) is 6.07 Å². The summed E-state index contributed by atoms with van der Waals surface area (Å²) in [6.45, 7) is 8.25. The quantitative estimate of drug-likeness (QED) is 0.286. The number of benzene rings is 1. The lowest BCUT2D eigenvalue weighted by Gasteiger charge is -2.24. The molecular formula is C22H29FIN5. The van der Waals surface area contributed by atoms with Gasteiger partial charge in [-0.1, -0.05) is 32.0 Å². The maximum atomic E-state index is 13.6. The van der Waals surface area contributed by atoms with E-state index >= 15 is 0 Å². The van der Waals surface area contributed by atoms with Gasteiger partial charge in [0.2, 0.25) is 0 Å². The van der Waals surface area contributed by atoms with Crippen LogP contribution in [0.4, 0.5) is 4.39 Å². The van der Waals surface area contributed by atoms with Gasteiger partial charge in [-0.3, -0.25) is 4.99 Å². The van der Waals surface area contributed by atoms with Gasteiger partial charge in [0.15, 0.2) is 5.96 Å². The molecule has 7 heteroatoms. The summed E-state index contributed by atoms with van der Waals surface area (Å²) >= 11 is 0. The first kappa shape index (κ1) is 23.1. The van der Waals surface area contributed by atoms with Crippen molar-refractivity contribution in [3.8, 4) is 0 Å². The van der Waals surface area contributed by atoms with Gasteiger partial charge in [0.05, 0.1) is 12.2 Å². The van der Waals surface area contributed by atoms with Crippen LogP contribution in [0.3, 0.4) is 0 Å². The minimum absolute atomic E-state index is 0. The zero-order valence-electron chi connectivity index (χ0n) is 17.2. The zero-order valence-corrected chi connectivity index (χ0v) is 19.5. The van der Waals surface area contributed by atoms with E-state index in [4.69, 9.17) is 4.99 Å².